The van der Waals surface area contributed by atoms with Crippen LogP contribution in [0.2, 0.25) is 0 Å². The molecule has 1 radical (unpaired) electrons. The van der Waals surface area contributed by atoms with Gasteiger partial charge >= 0.3 is 0 Å². The van der Waals surface area contributed by atoms with Crippen molar-refractivity contribution in [1.82, 2.24) is 10.1 Å². The average molecular weight is 277 g/mol. The van der Waals surface area contributed by atoms with Crippen LogP contribution in [-0.4, -0.2) is 10.1 Å². The predicted molar refractivity (Wildman–Crippen MR) is 82.7 cm³/mol. The van der Waals surface area contributed by atoms with Crippen molar-refractivity contribution in [1.29, 1.82) is 0 Å². The van der Waals surface area contributed by atoms with E-state index in [0.717, 1.165) is 22.4 Å². The van der Waals surface area contributed by atoms with Crippen LogP contribution in [0.25, 0.3) is 22.5 Å². The van der Waals surface area contributed by atoms with Crippen molar-refractivity contribution in [2.24, 2.45) is 0 Å². The maximum absolute atomic E-state index is 5.29. The Hall–Kier alpha value is -2.42. The van der Waals surface area contributed by atoms with Crippen LogP contribution in [-0.2, 0) is 5.41 Å². The van der Waals surface area contributed by atoms with E-state index in [4.69, 9.17) is 4.52 Å². The summed E-state index contributed by atoms with van der Waals surface area (Å²) in [5, 5.41) is 3.78. The van der Waals surface area contributed by atoms with Gasteiger partial charge in [0.05, 0.1) is 11.8 Å². The highest BCUT2D eigenvalue weighted by Gasteiger charge is 2.19. The summed E-state index contributed by atoms with van der Waals surface area (Å²) in [6.07, 6.45) is 4.76. The first-order chi connectivity index (χ1) is 10.1. The molecule has 0 aliphatic carbocycles. The van der Waals surface area contributed by atoms with Gasteiger partial charge in [-0.25, -0.2) is 4.98 Å². The Morgan fingerprint density at radius 3 is 2.43 bits per heavy atom. The second-order valence-corrected chi connectivity index (χ2v) is 6.03. The highest BCUT2D eigenvalue weighted by Crippen LogP contribution is 2.34. The van der Waals surface area contributed by atoms with E-state index >= 15 is 0 Å². The van der Waals surface area contributed by atoms with E-state index in [0.29, 0.717) is 5.76 Å². The molecular weight excluding hydrogens is 260 g/mol. The maximum atomic E-state index is 5.29. The number of hydrogen-bond donors (Lipinski definition) is 0. The summed E-state index contributed by atoms with van der Waals surface area (Å²) >= 11 is 0. The summed E-state index contributed by atoms with van der Waals surface area (Å²) in [7, 11) is 0. The van der Waals surface area contributed by atoms with Gasteiger partial charge in [0.1, 0.15) is 6.20 Å². The molecule has 0 amide bonds. The molecular formula is C18H17N2O. The van der Waals surface area contributed by atoms with Gasteiger partial charge in [0, 0.05) is 17.2 Å². The lowest BCUT2D eigenvalue weighted by Crippen LogP contribution is -2.13. The summed E-state index contributed by atoms with van der Waals surface area (Å²) in [4.78, 5) is 4.48. The largest absolute Gasteiger partial charge is 0.356 e. The molecule has 0 saturated carbocycles. The van der Waals surface area contributed by atoms with Crippen LogP contribution in [0.4, 0.5) is 0 Å². The summed E-state index contributed by atoms with van der Waals surface area (Å²) in [6.45, 7) is 6.43. The van der Waals surface area contributed by atoms with Gasteiger partial charge in [-0.05, 0) is 17.2 Å². The highest BCUT2D eigenvalue weighted by atomic mass is 16.5. The molecule has 3 nitrogen and oxygen atoms in total. The molecule has 0 saturated heterocycles. The number of rotatable bonds is 2. The van der Waals surface area contributed by atoms with E-state index in [1.165, 1.54) is 0 Å². The third kappa shape index (κ3) is 2.72. The second kappa shape index (κ2) is 5.17. The van der Waals surface area contributed by atoms with E-state index in [2.05, 4.69) is 55.3 Å². The number of nitrogens with zero attached hydrogens (tertiary/aromatic N) is 2. The van der Waals surface area contributed by atoms with Crippen LogP contribution in [0, 0.1) is 6.20 Å². The summed E-state index contributed by atoms with van der Waals surface area (Å²) in [6, 6.07) is 14.2. The molecule has 0 aliphatic rings. The lowest BCUT2D eigenvalue weighted by Gasteiger charge is -2.19. The minimum atomic E-state index is -0.0278. The third-order valence-corrected chi connectivity index (χ3v) is 3.38. The lowest BCUT2D eigenvalue weighted by atomic mass is 9.88. The molecule has 2 heterocycles. The monoisotopic (exact) mass is 277 g/mol. The van der Waals surface area contributed by atoms with Gasteiger partial charge in [-0.1, -0.05) is 56.3 Å². The SMILES string of the molecule is CC(C)(C)c1cc(-c2ccccc2)c(-c2ccno2)[c]n1. The zero-order valence-corrected chi connectivity index (χ0v) is 12.4. The molecule has 0 bridgehead atoms. The molecule has 2 aromatic heterocycles. The van der Waals surface area contributed by atoms with E-state index in [-0.39, 0.29) is 5.41 Å². The van der Waals surface area contributed by atoms with Crippen molar-refractivity contribution in [3.63, 3.8) is 0 Å². The summed E-state index contributed by atoms with van der Waals surface area (Å²) in [5.74, 6) is 0.682. The smallest absolute Gasteiger partial charge is 0.169 e. The Bertz CT molecular complexity index is 726. The normalized spacial score (nSPS) is 11.6. The van der Waals surface area contributed by atoms with Crippen molar-refractivity contribution in [3.8, 4) is 22.5 Å². The molecule has 0 atom stereocenters. The Morgan fingerprint density at radius 1 is 1.05 bits per heavy atom. The number of hydrogen-bond acceptors (Lipinski definition) is 3. The average Bonchev–Trinajstić information content (AvgIpc) is 3.01. The highest BCUT2D eigenvalue weighted by molar-refractivity contribution is 5.80. The van der Waals surface area contributed by atoms with Crippen LogP contribution in [0.15, 0.2) is 53.2 Å². The molecule has 3 aromatic rings. The quantitative estimate of drug-likeness (QED) is 0.692. The summed E-state index contributed by atoms with van der Waals surface area (Å²) < 4.78 is 5.29. The molecule has 0 aliphatic heterocycles. The Balaban J connectivity index is 2.22. The molecule has 105 valence electrons. The number of aromatic nitrogens is 2. The minimum absolute atomic E-state index is 0.0278. The van der Waals surface area contributed by atoms with E-state index in [9.17, 15) is 0 Å². The number of benzene rings is 1. The van der Waals surface area contributed by atoms with Gasteiger partial charge < -0.3 is 4.52 Å². The second-order valence-electron chi connectivity index (χ2n) is 6.03. The first-order valence-electron chi connectivity index (χ1n) is 6.95. The fourth-order valence-corrected chi connectivity index (χ4v) is 2.18. The zero-order chi connectivity index (χ0) is 14.9. The van der Waals surface area contributed by atoms with Crippen LogP contribution in [0.1, 0.15) is 26.5 Å². The van der Waals surface area contributed by atoms with E-state index < -0.39 is 0 Å². The van der Waals surface area contributed by atoms with Crippen molar-refractivity contribution in [3.05, 3.63) is 60.6 Å². The van der Waals surface area contributed by atoms with Crippen molar-refractivity contribution >= 4 is 0 Å². The molecule has 0 spiro atoms. The molecule has 0 unspecified atom stereocenters. The van der Waals surface area contributed by atoms with Crippen molar-refractivity contribution in [2.75, 3.05) is 0 Å². The standard InChI is InChI=1S/C18H17N2O/c1-18(2,3)17-11-14(13-7-5-4-6-8-13)15(12-19-17)16-9-10-20-21-16/h4-11H,1-3H3. The third-order valence-electron chi connectivity index (χ3n) is 3.38. The van der Waals surface area contributed by atoms with Gasteiger partial charge in [-0.2, -0.15) is 0 Å². The Labute approximate surface area is 124 Å². The molecule has 1 aromatic carbocycles. The van der Waals surface area contributed by atoms with Crippen LogP contribution in [0.5, 0.6) is 0 Å². The van der Waals surface area contributed by atoms with Gasteiger partial charge in [0.2, 0.25) is 0 Å². The minimum Gasteiger partial charge on any atom is -0.356 e. The van der Waals surface area contributed by atoms with Gasteiger partial charge in [-0.15, -0.1) is 0 Å². The molecule has 3 heteroatoms. The topological polar surface area (TPSA) is 38.9 Å². The first-order valence-corrected chi connectivity index (χ1v) is 6.95. The van der Waals surface area contributed by atoms with E-state index in [1.54, 1.807) is 6.20 Å². The number of pyridine rings is 1. The fourth-order valence-electron chi connectivity index (χ4n) is 2.18. The first kappa shape index (κ1) is 13.6. The lowest BCUT2D eigenvalue weighted by molar-refractivity contribution is 0.432. The molecule has 0 fully saturated rings. The maximum Gasteiger partial charge on any atom is 0.169 e. The van der Waals surface area contributed by atoms with Crippen LogP contribution in [0.3, 0.4) is 0 Å². The Morgan fingerprint density at radius 2 is 1.81 bits per heavy atom. The Kier molecular flexibility index (Phi) is 3.34. The zero-order valence-electron chi connectivity index (χ0n) is 12.4. The summed E-state index contributed by atoms with van der Waals surface area (Å²) in [5.41, 5.74) is 4.00. The fraction of sp³-hybridized carbons (Fsp3) is 0.222. The molecule has 21 heavy (non-hydrogen) atoms. The van der Waals surface area contributed by atoms with Crippen LogP contribution < -0.4 is 0 Å². The van der Waals surface area contributed by atoms with E-state index in [1.807, 2.05) is 24.3 Å². The van der Waals surface area contributed by atoms with Gasteiger partial charge in [0.15, 0.2) is 5.76 Å². The van der Waals surface area contributed by atoms with Crippen molar-refractivity contribution in [2.45, 2.75) is 26.2 Å². The van der Waals surface area contributed by atoms with Gasteiger partial charge in [-0.3, -0.25) is 0 Å². The van der Waals surface area contributed by atoms with Crippen LogP contribution >= 0.6 is 0 Å². The predicted octanol–water partition coefficient (Wildman–Crippen LogP) is 4.50. The molecule has 0 N–H and O–H groups in total. The molecule has 3 rings (SSSR count). The van der Waals surface area contributed by atoms with Gasteiger partial charge in [0.25, 0.3) is 0 Å². The van der Waals surface area contributed by atoms with Crippen molar-refractivity contribution < 1.29 is 4.52 Å².